The molecule has 1 aliphatic heterocycles. The predicted molar refractivity (Wildman–Crippen MR) is 129 cm³/mol. The highest BCUT2D eigenvalue weighted by Crippen LogP contribution is 2.28. The molecule has 4 rings (SSSR count). The van der Waals surface area contributed by atoms with Crippen LogP contribution >= 0.6 is 0 Å². The second-order valence-corrected chi connectivity index (χ2v) is 9.57. The van der Waals surface area contributed by atoms with Crippen molar-refractivity contribution < 1.29 is 18.7 Å². The van der Waals surface area contributed by atoms with Crippen molar-refractivity contribution in [1.82, 2.24) is 24.6 Å². The number of piperidine rings is 1. The molecule has 2 aromatic heterocycles. The molecule has 10 heteroatoms. The number of halogens is 1. The van der Waals surface area contributed by atoms with E-state index in [1.165, 1.54) is 7.11 Å². The Kier molecular flexibility index (Phi) is 6.81. The average molecular weight is 481 g/mol. The fourth-order valence-corrected chi connectivity index (χ4v) is 4.05. The molecule has 1 aromatic carbocycles. The summed E-state index contributed by atoms with van der Waals surface area (Å²) in [6.07, 6.45) is 6.28. The van der Waals surface area contributed by atoms with Gasteiger partial charge in [-0.15, -0.1) is 0 Å². The number of carbonyl (C=O) groups excluding carboxylic acids is 2. The Morgan fingerprint density at radius 2 is 1.80 bits per heavy atom. The second-order valence-electron chi connectivity index (χ2n) is 9.57. The number of nitrogens with zero attached hydrogens (tertiary/aromatic N) is 5. The van der Waals surface area contributed by atoms with Crippen molar-refractivity contribution in [3.05, 3.63) is 54.2 Å². The van der Waals surface area contributed by atoms with Gasteiger partial charge in [0.2, 0.25) is 11.9 Å². The lowest BCUT2D eigenvalue weighted by molar-refractivity contribution is -0.140. The number of nitrogens with one attached hydrogen (secondary N) is 1. The van der Waals surface area contributed by atoms with Crippen LogP contribution in [0, 0.1) is 11.2 Å². The molecule has 1 aliphatic rings. The molecule has 0 radical (unpaired) electrons. The quantitative estimate of drug-likeness (QED) is 0.546. The first-order valence-electron chi connectivity index (χ1n) is 11.5. The minimum Gasteiger partial charge on any atom is -0.465 e. The number of aromatic nitrogens is 4. The first-order valence-corrected chi connectivity index (χ1v) is 11.5. The molecule has 35 heavy (non-hydrogen) atoms. The van der Waals surface area contributed by atoms with E-state index in [0.717, 1.165) is 19.0 Å². The third-order valence-electron chi connectivity index (χ3n) is 5.95. The van der Waals surface area contributed by atoms with Crippen LogP contribution in [0.4, 0.5) is 16.0 Å². The largest absolute Gasteiger partial charge is 0.465 e. The van der Waals surface area contributed by atoms with E-state index in [4.69, 9.17) is 4.74 Å². The number of rotatable bonds is 5. The van der Waals surface area contributed by atoms with Crippen LogP contribution in [0.3, 0.4) is 0 Å². The lowest BCUT2D eigenvalue weighted by Gasteiger charge is -2.35. The van der Waals surface area contributed by atoms with Crippen LogP contribution in [0.15, 0.2) is 42.9 Å². The van der Waals surface area contributed by atoms with Crippen LogP contribution in [-0.2, 0) is 9.53 Å². The van der Waals surface area contributed by atoms with E-state index in [1.54, 1.807) is 30.5 Å². The van der Waals surface area contributed by atoms with E-state index in [0.29, 0.717) is 29.9 Å². The first kappa shape index (κ1) is 24.3. The van der Waals surface area contributed by atoms with E-state index < -0.39 is 11.8 Å². The second kappa shape index (κ2) is 9.81. The zero-order chi connectivity index (χ0) is 25.2. The van der Waals surface area contributed by atoms with E-state index in [-0.39, 0.29) is 29.0 Å². The number of hydrogen-bond acceptors (Lipinski definition) is 7. The van der Waals surface area contributed by atoms with Gasteiger partial charge in [0.05, 0.1) is 36.8 Å². The van der Waals surface area contributed by atoms with Gasteiger partial charge < -0.3 is 15.0 Å². The number of hydrogen-bond donors (Lipinski definition) is 1. The maximum atomic E-state index is 14.4. The molecule has 0 atom stereocenters. The lowest BCUT2D eigenvalue weighted by atomic mass is 9.93. The summed E-state index contributed by atoms with van der Waals surface area (Å²) in [6.45, 7) is 7.21. The van der Waals surface area contributed by atoms with Crippen LogP contribution in [0.25, 0.3) is 11.3 Å². The summed E-state index contributed by atoms with van der Waals surface area (Å²) < 4.78 is 21.0. The molecule has 0 unspecified atom stereocenters. The van der Waals surface area contributed by atoms with E-state index >= 15 is 0 Å². The Morgan fingerprint density at radius 1 is 1.11 bits per heavy atom. The summed E-state index contributed by atoms with van der Waals surface area (Å²) in [5, 5.41) is 7.54. The summed E-state index contributed by atoms with van der Waals surface area (Å²) in [5.74, 6) is -0.647. The van der Waals surface area contributed by atoms with Crippen LogP contribution in [-0.4, -0.2) is 56.7 Å². The van der Waals surface area contributed by atoms with Gasteiger partial charge in [-0.25, -0.2) is 19.2 Å². The highest BCUT2D eigenvalue weighted by atomic mass is 19.1. The topological polar surface area (TPSA) is 102 Å². The summed E-state index contributed by atoms with van der Waals surface area (Å²) in [5.41, 5.74) is 1.28. The Balaban J connectivity index is 1.43. The summed E-state index contributed by atoms with van der Waals surface area (Å²) >= 11 is 0. The molecule has 0 aliphatic carbocycles. The van der Waals surface area contributed by atoms with Gasteiger partial charge in [0.1, 0.15) is 5.69 Å². The number of carbonyl (C=O) groups is 2. The summed E-state index contributed by atoms with van der Waals surface area (Å²) in [4.78, 5) is 34.4. The standard InChI is InChI=1S/C25H29FN6O3/c1-25(2,3)23(34)31-11-9-19(10-12-31)32-15-18(13-28-32)29-24-27-14-20(26)21(30-24)16-5-7-17(8-6-16)22(33)35-4/h5-8,13-15,19H,9-12H2,1-4H3,(H,27,29,30). The van der Waals surface area contributed by atoms with Crippen molar-refractivity contribution in [3.8, 4) is 11.3 Å². The van der Waals surface area contributed by atoms with Gasteiger partial charge >= 0.3 is 5.97 Å². The number of methoxy groups -OCH3 is 1. The van der Waals surface area contributed by atoms with Crippen molar-refractivity contribution in [2.24, 2.45) is 5.41 Å². The zero-order valence-corrected chi connectivity index (χ0v) is 20.3. The summed E-state index contributed by atoms with van der Waals surface area (Å²) in [7, 11) is 1.30. The molecule has 0 spiro atoms. The van der Waals surface area contributed by atoms with Crippen molar-refractivity contribution in [3.63, 3.8) is 0 Å². The Labute approximate surface area is 203 Å². The number of anilines is 2. The average Bonchev–Trinajstić information content (AvgIpc) is 3.32. The molecule has 1 fully saturated rings. The molecular weight excluding hydrogens is 451 g/mol. The Hall–Kier alpha value is -3.82. The minimum absolute atomic E-state index is 0.113. The van der Waals surface area contributed by atoms with Gasteiger partial charge in [0, 0.05) is 30.3 Å². The predicted octanol–water partition coefficient (Wildman–Crippen LogP) is 4.22. The van der Waals surface area contributed by atoms with Crippen LogP contribution in [0.1, 0.15) is 50.0 Å². The lowest BCUT2D eigenvalue weighted by Crippen LogP contribution is -2.44. The number of ether oxygens (including phenoxy) is 1. The van der Waals surface area contributed by atoms with E-state index in [9.17, 15) is 14.0 Å². The van der Waals surface area contributed by atoms with Crippen LogP contribution < -0.4 is 5.32 Å². The normalized spacial score (nSPS) is 14.6. The van der Waals surface area contributed by atoms with Crippen molar-refractivity contribution in [2.75, 3.05) is 25.5 Å². The van der Waals surface area contributed by atoms with Crippen LogP contribution in [0.2, 0.25) is 0 Å². The molecule has 3 aromatic rings. The van der Waals surface area contributed by atoms with Crippen molar-refractivity contribution in [2.45, 2.75) is 39.7 Å². The van der Waals surface area contributed by atoms with Gasteiger partial charge in [-0.05, 0) is 25.0 Å². The molecule has 1 saturated heterocycles. The van der Waals surface area contributed by atoms with E-state index in [1.807, 2.05) is 36.5 Å². The van der Waals surface area contributed by atoms with Crippen molar-refractivity contribution >= 4 is 23.5 Å². The first-order chi connectivity index (χ1) is 16.7. The molecule has 0 saturated carbocycles. The van der Waals surface area contributed by atoms with E-state index in [2.05, 4.69) is 20.4 Å². The Bertz CT molecular complexity index is 1210. The number of esters is 1. The number of amides is 1. The molecule has 1 N–H and O–H groups in total. The van der Waals surface area contributed by atoms with Crippen molar-refractivity contribution in [1.29, 1.82) is 0 Å². The highest BCUT2D eigenvalue weighted by molar-refractivity contribution is 5.89. The molecule has 184 valence electrons. The minimum atomic E-state index is -0.575. The summed E-state index contributed by atoms with van der Waals surface area (Å²) in [6, 6.07) is 6.51. The van der Waals surface area contributed by atoms with Gasteiger partial charge in [0.25, 0.3) is 0 Å². The third kappa shape index (κ3) is 5.47. The molecule has 3 heterocycles. The zero-order valence-electron chi connectivity index (χ0n) is 20.3. The molecule has 0 bridgehead atoms. The molecule has 1 amide bonds. The maximum Gasteiger partial charge on any atom is 0.337 e. The highest BCUT2D eigenvalue weighted by Gasteiger charge is 2.31. The monoisotopic (exact) mass is 480 g/mol. The molecule has 9 nitrogen and oxygen atoms in total. The molecular formula is C25H29FN6O3. The van der Waals surface area contributed by atoms with Crippen LogP contribution in [0.5, 0.6) is 0 Å². The van der Waals surface area contributed by atoms with Gasteiger partial charge in [0.15, 0.2) is 5.82 Å². The maximum absolute atomic E-state index is 14.4. The number of benzene rings is 1. The van der Waals surface area contributed by atoms with Gasteiger partial charge in [-0.2, -0.15) is 5.10 Å². The number of likely N-dealkylation sites (tertiary alicyclic amines) is 1. The van der Waals surface area contributed by atoms with Gasteiger partial charge in [-0.3, -0.25) is 9.48 Å². The van der Waals surface area contributed by atoms with Gasteiger partial charge in [-0.1, -0.05) is 32.9 Å². The third-order valence-corrected chi connectivity index (χ3v) is 5.95. The SMILES string of the molecule is COC(=O)c1ccc(-c2nc(Nc3cnn(C4CCN(C(=O)C(C)(C)C)CC4)c3)ncc2F)cc1. The fraction of sp³-hybridized carbons (Fsp3) is 0.400. The smallest absolute Gasteiger partial charge is 0.337 e. The Morgan fingerprint density at radius 3 is 2.43 bits per heavy atom. The fourth-order valence-electron chi connectivity index (χ4n) is 4.05.